The van der Waals surface area contributed by atoms with Crippen LogP contribution in [0.3, 0.4) is 0 Å². The summed E-state index contributed by atoms with van der Waals surface area (Å²) >= 11 is 1.60. The number of carbonyl (C=O) groups excluding carboxylic acids is 2. The van der Waals surface area contributed by atoms with Crippen LogP contribution in [0.1, 0.15) is 33.3 Å². The Labute approximate surface area is 160 Å². The number of aromatic nitrogens is 1. The van der Waals surface area contributed by atoms with Crippen molar-refractivity contribution in [3.63, 3.8) is 0 Å². The number of benzene rings is 2. The average Bonchev–Trinajstić information content (AvgIpc) is 3.24. The summed E-state index contributed by atoms with van der Waals surface area (Å²) in [5, 5.41) is 2.94. The van der Waals surface area contributed by atoms with Gasteiger partial charge in [-0.2, -0.15) is 0 Å². The third-order valence-corrected chi connectivity index (χ3v) is 5.51. The van der Waals surface area contributed by atoms with Gasteiger partial charge in [0.1, 0.15) is 10.5 Å². The number of nitrogens with one attached hydrogen (secondary N) is 1. The quantitative estimate of drug-likeness (QED) is 0.528. The maximum atomic E-state index is 12.4. The minimum absolute atomic E-state index is 0.145. The second-order valence-corrected chi connectivity index (χ2v) is 7.06. The van der Waals surface area contributed by atoms with E-state index in [0.29, 0.717) is 24.4 Å². The number of rotatable bonds is 5. The highest BCUT2D eigenvalue weighted by Gasteiger charge is 2.20. The van der Waals surface area contributed by atoms with Crippen LogP contribution < -0.4 is 5.32 Å². The molecule has 0 saturated carbocycles. The van der Waals surface area contributed by atoms with Crippen LogP contribution in [0.4, 0.5) is 0 Å². The summed E-state index contributed by atoms with van der Waals surface area (Å²) in [7, 11) is 0. The lowest BCUT2D eigenvalue weighted by molar-refractivity contribution is 0.0519. The van der Waals surface area contributed by atoms with E-state index >= 15 is 0 Å². The lowest BCUT2D eigenvalue weighted by Crippen LogP contribution is -2.22. The predicted molar refractivity (Wildman–Crippen MR) is 106 cm³/mol. The molecule has 0 unspecified atom stereocenters. The fourth-order valence-corrected chi connectivity index (χ4v) is 4.25. The van der Waals surface area contributed by atoms with Gasteiger partial charge in [0.2, 0.25) is 0 Å². The van der Waals surface area contributed by atoms with E-state index in [1.165, 1.54) is 0 Å². The lowest BCUT2D eigenvalue weighted by atomic mass is 10.2. The van der Waals surface area contributed by atoms with Crippen LogP contribution >= 0.6 is 11.3 Å². The van der Waals surface area contributed by atoms with Crippen LogP contribution in [0.2, 0.25) is 0 Å². The van der Waals surface area contributed by atoms with Crippen LogP contribution in [0.5, 0.6) is 0 Å². The van der Waals surface area contributed by atoms with Crippen LogP contribution in [0.25, 0.3) is 15.0 Å². The van der Waals surface area contributed by atoms with Gasteiger partial charge in [0, 0.05) is 17.7 Å². The van der Waals surface area contributed by atoms with E-state index in [-0.39, 0.29) is 11.9 Å². The lowest BCUT2D eigenvalue weighted by Gasteiger charge is -2.03. The minimum Gasteiger partial charge on any atom is -0.461 e. The molecule has 0 spiro atoms. The molecule has 6 heteroatoms. The zero-order chi connectivity index (χ0) is 18.8. The van der Waals surface area contributed by atoms with E-state index < -0.39 is 0 Å². The van der Waals surface area contributed by atoms with Gasteiger partial charge in [-0.05, 0) is 37.3 Å². The maximum absolute atomic E-state index is 12.4. The van der Waals surface area contributed by atoms with Gasteiger partial charge < -0.3 is 10.1 Å². The van der Waals surface area contributed by atoms with E-state index in [4.69, 9.17) is 4.74 Å². The molecule has 1 N–H and O–H groups in total. The molecular weight excluding hydrogens is 360 g/mol. The van der Waals surface area contributed by atoms with Crippen LogP contribution in [0.15, 0.2) is 60.7 Å². The van der Waals surface area contributed by atoms with Crippen molar-refractivity contribution in [1.82, 2.24) is 9.72 Å². The summed E-state index contributed by atoms with van der Waals surface area (Å²) in [5.41, 5.74) is 2.94. The molecule has 2 heterocycles. The number of amides is 1. The highest BCUT2D eigenvalue weighted by atomic mass is 32.1. The topological polar surface area (TPSA) is 59.8 Å². The molecule has 0 saturated heterocycles. The molecule has 0 aliphatic rings. The van der Waals surface area contributed by atoms with E-state index in [2.05, 4.69) is 5.32 Å². The minimum atomic E-state index is -0.364. The highest BCUT2D eigenvalue weighted by Crippen LogP contribution is 2.32. The Morgan fingerprint density at radius 3 is 2.59 bits per heavy atom. The Hall–Kier alpha value is -3.12. The van der Waals surface area contributed by atoms with E-state index in [1.807, 2.05) is 52.9 Å². The molecule has 0 aliphatic carbocycles. The summed E-state index contributed by atoms with van der Waals surface area (Å²) in [6.07, 6.45) is 0. The Balaban J connectivity index is 1.72. The SMILES string of the molecule is CCOC(=O)c1cc(CNC(=O)c2ccccc2)c2sc3ccccc3n12. The summed E-state index contributed by atoms with van der Waals surface area (Å²) < 4.78 is 8.22. The summed E-state index contributed by atoms with van der Waals surface area (Å²) in [5.74, 6) is -0.509. The van der Waals surface area contributed by atoms with Gasteiger partial charge in [0.15, 0.2) is 0 Å². The van der Waals surface area contributed by atoms with Crippen molar-refractivity contribution in [3.05, 3.63) is 77.5 Å². The van der Waals surface area contributed by atoms with E-state index in [1.54, 1.807) is 30.4 Å². The largest absolute Gasteiger partial charge is 0.461 e. The summed E-state index contributed by atoms with van der Waals surface area (Å²) in [6, 6.07) is 18.8. The molecule has 0 radical (unpaired) electrons. The molecule has 2 aromatic heterocycles. The van der Waals surface area contributed by atoms with Gasteiger partial charge in [-0.25, -0.2) is 4.79 Å². The Kier molecular flexibility index (Phi) is 4.64. The molecule has 0 aliphatic heterocycles. The molecule has 27 heavy (non-hydrogen) atoms. The van der Waals surface area contributed by atoms with E-state index in [0.717, 1.165) is 20.6 Å². The first kappa shape index (κ1) is 17.3. The van der Waals surface area contributed by atoms with Gasteiger partial charge in [0.25, 0.3) is 5.91 Å². The van der Waals surface area contributed by atoms with Crippen molar-refractivity contribution in [2.45, 2.75) is 13.5 Å². The molecular formula is C21H18N2O3S. The van der Waals surface area contributed by atoms with Crippen LogP contribution in [0, 0.1) is 0 Å². The molecule has 1 amide bonds. The third-order valence-electron chi connectivity index (χ3n) is 4.30. The van der Waals surface area contributed by atoms with Gasteiger partial charge in [-0.1, -0.05) is 30.3 Å². The fourth-order valence-electron chi connectivity index (χ4n) is 3.08. The molecule has 4 aromatic rings. The van der Waals surface area contributed by atoms with Gasteiger partial charge in [-0.15, -0.1) is 11.3 Å². The second-order valence-electron chi connectivity index (χ2n) is 6.03. The number of nitrogens with zero attached hydrogens (tertiary/aromatic N) is 1. The number of fused-ring (bicyclic) bond motifs is 3. The van der Waals surface area contributed by atoms with Crippen molar-refractivity contribution >= 4 is 38.3 Å². The number of para-hydroxylation sites is 1. The molecule has 2 aromatic carbocycles. The van der Waals surface area contributed by atoms with Crippen molar-refractivity contribution in [2.75, 3.05) is 6.61 Å². The standard InChI is InChI=1S/C21H18N2O3S/c1-2-26-21(25)17-12-15(13-22-19(24)14-8-4-3-5-9-14)20-23(17)16-10-6-7-11-18(16)27-20/h3-12H,2,13H2,1H3,(H,22,24). The monoisotopic (exact) mass is 378 g/mol. The molecule has 0 fully saturated rings. The Morgan fingerprint density at radius 2 is 1.81 bits per heavy atom. The maximum Gasteiger partial charge on any atom is 0.355 e. The van der Waals surface area contributed by atoms with Gasteiger partial charge in [-0.3, -0.25) is 9.20 Å². The fraction of sp³-hybridized carbons (Fsp3) is 0.143. The van der Waals surface area contributed by atoms with Crippen molar-refractivity contribution in [1.29, 1.82) is 0 Å². The predicted octanol–water partition coefficient (Wildman–Crippen LogP) is 4.26. The first-order valence-corrected chi connectivity index (χ1v) is 9.53. The summed E-state index contributed by atoms with van der Waals surface area (Å²) in [6.45, 7) is 2.44. The number of ether oxygens (including phenoxy) is 1. The number of esters is 1. The zero-order valence-electron chi connectivity index (χ0n) is 14.8. The van der Waals surface area contributed by atoms with Crippen molar-refractivity contribution < 1.29 is 14.3 Å². The van der Waals surface area contributed by atoms with Crippen LogP contribution in [-0.2, 0) is 11.3 Å². The summed E-state index contributed by atoms with van der Waals surface area (Å²) in [4.78, 5) is 25.7. The first-order valence-electron chi connectivity index (χ1n) is 8.71. The average molecular weight is 378 g/mol. The number of hydrogen-bond acceptors (Lipinski definition) is 4. The number of thiazole rings is 1. The van der Waals surface area contributed by atoms with Crippen molar-refractivity contribution in [2.24, 2.45) is 0 Å². The smallest absolute Gasteiger partial charge is 0.355 e. The Bertz CT molecular complexity index is 1130. The molecule has 5 nitrogen and oxygen atoms in total. The van der Waals surface area contributed by atoms with Crippen molar-refractivity contribution in [3.8, 4) is 0 Å². The second kappa shape index (κ2) is 7.25. The van der Waals surface area contributed by atoms with Crippen LogP contribution in [-0.4, -0.2) is 22.9 Å². The molecule has 4 rings (SSSR count). The number of carbonyl (C=O) groups is 2. The first-order chi connectivity index (χ1) is 13.2. The molecule has 136 valence electrons. The third kappa shape index (κ3) is 3.19. The zero-order valence-corrected chi connectivity index (χ0v) is 15.6. The Morgan fingerprint density at radius 1 is 1.07 bits per heavy atom. The van der Waals surface area contributed by atoms with Gasteiger partial charge in [0.05, 0.1) is 16.8 Å². The normalized spacial score (nSPS) is 11.0. The molecule has 0 bridgehead atoms. The number of hydrogen-bond donors (Lipinski definition) is 1. The molecule has 0 atom stereocenters. The van der Waals surface area contributed by atoms with Gasteiger partial charge >= 0.3 is 5.97 Å². The van der Waals surface area contributed by atoms with E-state index in [9.17, 15) is 9.59 Å². The highest BCUT2D eigenvalue weighted by molar-refractivity contribution is 7.24.